The lowest BCUT2D eigenvalue weighted by atomic mass is 10.0. The van der Waals surface area contributed by atoms with Crippen LogP contribution in [0.5, 0.6) is 0 Å². The van der Waals surface area contributed by atoms with Crippen LogP contribution in [0.15, 0.2) is 64.6 Å². The number of alkyl halides is 3. The lowest BCUT2D eigenvalue weighted by Crippen LogP contribution is -2.56. The van der Waals surface area contributed by atoms with Gasteiger partial charge in [0.1, 0.15) is 0 Å². The van der Waals surface area contributed by atoms with Crippen LogP contribution >= 0.6 is 0 Å². The number of hydrogen-bond acceptors (Lipinski definition) is 5. The molecule has 32 heavy (non-hydrogen) atoms. The quantitative estimate of drug-likeness (QED) is 0.704. The number of aliphatic hydroxyl groups is 1. The number of rotatable bonds is 6. The van der Waals surface area contributed by atoms with Crippen LogP contribution in [0.1, 0.15) is 36.2 Å². The first-order chi connectivity index (χ1) is 15.0. The van der Waals surface area contributed by atoms with Crippen LogP contribution in [0.4, 0.5) is 13.2 Å². The second kappa shape index (κ2) is 8.64. The summed E-state index contributed by atoms with van der Waals surface area (Å²) in [4.78, 5) is 12.8. The first-order valence-corrected chi connectivity index (χ1v) is 11.3. The molecule has 0 aromatic heterocycles. The minimum Gasteiger partial charge on any atom is -0.362 e. The maximum atomic E-state index is 13.8. The summed E-state index contributed by atoms with van der Waals surface area (Å²) in [6, 6.07) is 12.6. The fraction of sp³-hybridized carbons (Fsp3) is 0.333. The molecular formula is C21H22F3N3O4S. The minimum atomic E-state index is -5.20. The fourth-order valence-corrected chi connectivity index (χ4v) is 4.90. The van der Waals surface area contributed by atoms with E-state index >= 15 is 0 Å². The maximum Gasteiger partial charge on any atom is 0.438 e. The van der Waals surface area contributed by atoms with Crippen molar-refractivity contribution >= 4 is 21.6 Å². The van der Waals surface area contributed by atoms with Crippen molar-refractivity contribution in [2.24, 2.45) is 5.10 Å². The van der Waals surface area contributed by atoms with E-state index in [0.29, 0.717) is 5.56 Å². The third-order valence-corrected chi connectivity index (χ3v) is 7.21. The van der Waals surface area contributed by atoms with Crippen molar-refractivity contribution in [2.45, 2.75) is 37.1 Å². The second-order valence-corrected chi connectivity index (χ2v) is 9.08. The van der Waals surface area contributed by atoms with Crippen LogP contribution in [0.25, 0.3) is 0 Å². The third kappa shape index (κ3) is 4.15. The van der Waals surface area contributed by atoms with Crippen molar-refractivity contribution in [1.82, 2.24) is 9.31 Å². The molecule has 0 fully saturated rings. The summed E-state index contributed by atoms with van der Waals surface area (Å²) < 4.78 is 68.1. The van der Waals surface area contributed by atoms with Gasteiger partial charge in [-0.2, -0.15) is 27.6 Å². The lowest BCUT2D eigenvalue weighted by molar-refractivity contribution is -0.297. The summed E-state index contributed by atoms with van der Waals surface area (Å²) in [5, 5.41) is 14.3. The van der Waals surface area contributed by atoms with Gasteiger partial charge in [0.05, 0.1) is 17.0 Å². The molecule has 7 nitrogen and oxygen atoms in total. The molecule has 172 valence electrons. The second-order valence-electron chi connectivity index (χ2n) is 7.14. The molecule has 0 spiro atoms. The maximum absolute atomic E-state index is 13.8. The average molecular weight is 469 g/mol. The van der Waals surface area contributed by atoms with Crippen LogP contribution in [-0.2, 0) is 10.0 Å². The normalized spacial score (nSPS) is 19.3. The Bertz CT molecular complexity index is 1130. The molecule has 2 aromatic rings. The molecule has 1 heterocycles. The van der Waals surface area contributed by atoms with Crippen LogP contribution in [0, 0.1) is 0 Å². The molecule has 0 bridgehead atoms. The van der Waals surface area contributed by atoms with Crippen molar-refractivity contribution in [3.63, 3.8) is 0 Å². The SMILES string of the molecule is CCN(CC)S(=O)(=O)c1cccc(C(=O)N2N=C(c3ccccc3)C[C@@]2(O)C(F)(F)F)c1. The van der Waals surface area contributed by atoms with Gasteiger partial charge in [-0.1, -0.05) is 50.2 Å². The Balaban J connectivity index is 2.05. The number of carbonyl (C=O) groups is 1. The minimum absolute atomic E-state index is 0.0154. The van der Waals surface area contributed by atoms with Crippen molar-refractivity contribution in [1.29, 1.82) is 0 Å². The topological polar surface area (TPSA) is 90.3 Å². The van der Waals surface area contributed by atoms with E-state index in [1.54, 1.807) is 32.0 Å². The molecule has 1 amide bonds. The van der Waals surface area contributed by atoms with Gasteiger partial charge in [0.15, 0.2) is 0 Å². The van der Waals surface area contributed by atoms with Gasteiger partial charge < -0.3 is 5.11 Å². The van der Waals surface area contributed by atoms with E-state index in [0.717, 1.165) is 10.4 Å². The summed E-state index contributed by atoms with van der Waals surface area (Å²) in [6.45, 7) is 3.65. The van der Waals surface area contributed by atoms with Crippen molar-refractivity contribution in [3.05, 3.63) is 65.7 Å². The number of hydrogen-bond donors (Lipinski definition) is 1. The van der Waals surface area contributed by atoms with Gasteiger partial charge in [-0.15, -0.1) is 0 Å². The summed E-state index contributed by atoms with van der Waals surface area (Å²) in [5.41, 5.74) is -3.71. The van der Waals surface area contributed by atoms with Gasteiger partial charge in [-0.25, -0.2) is 8.42 Å². The number of halogens is 3. The van der Waals surface area contributed by atoms with Crippen LogP contribution in [0.3, 0.4) is 0 Å². The standard InChI is InChI=1S/C21H22F3N3O4S/c1-3-26(4-2)32(30,31)17-12-8-11-16(13-17)19(28)27-20(29,21(22,23)24)14-18(25-27)15-9-6-5-7-10-15/h5-13,29H,3-4,14H2,1-2H3/t20-/m1/s1. The Morgan fingerprint density at radius 1 is 1.12 bits per heavy atom. The molecule has 0 aliphatic carbocycles. The third-order valence-electron chi connectivity index (χ3n) is 5.16. The van der Waals surface area contributed by atoms with E-state index < -0.39 is 34.3 Å². The van der Waals surface area contributed by atoms with E-state index in [2.05, 4.69) is 5.10 Å². The van der Waals surface area contributed by atoms with E-state index in [4.69, 9.17) is 0 Å². The lowest BCUT2D eigenvalue weighted by Gasteiger charge is -2.32. The van der Waals surface area contributed by atoms with Gasteiger partial charge >= 0.3 is 6.18 Å². The molecule has 0 unspecified atom stereocenters. The zero-order chi connectivity index (χ0) is 23.7. The number of sulfonamides is 1. The van der Waals surface area contributed by atoms with E-state index in [9.17, 15) is 31.5 Å². The summed E-state index contributed by atoms with van der Waals surface area (Å²) in [5.74, 6) is -1.27. The number of amides is 1. The molecule has 2 aromatic carbocycles. The molecule has 11 heteroatoms. The zero-order valence-corrected chi connectivity index (χ0v) is 18.2. The Morgan fingerprint density at radius 3 is 2.31 bits per heavy atom. The van der Waals surface area contributed by atoms with E-state index in [-0.39, 0.29) is 34.3 Å². The molecular weight excluding hydrogens is 447 g/mol. The molecule has 1 aliphatic heterocycles. The number of nitrogens with zero attached hydrogens (tertiary/aromatic N) is 3. The highest BCUT2D eigenvalue weighted by atomic mass is 32.2. The Labute approximate surface area is 183 Å². The van der Waals surface area contributed by atoms with Crippen LogP contribution in [0.2, 0.25) is 0 Å². The van der Waals surface area contributed by atoms with Crippen LogP contribution < -0.4 is 0 Å². The Kier molecular flexibility index (Phi) is 6.45. The summed E-state index contributed by atoms with van der Waals surface area (Å²) in [6.07, 6.45) is -6.16. The molecule has 1 aliphatic rings. The highest BCUT2D eigenvalue weighted by molar-refractivity contribution is 7.89. The Hall–Kier alpha value is -2.76. The number of benzene rings is 2. The molecule has 3 rings (SSSR count). The predicted molar refractivity (Wildman–Crippen MR) is 111 cm³/mol. The van der Waals surface area contributed by atoms with Gasteiger partial charge in [0, 0.05) is 18.7 Å². The Morgan fingerprint density at radius 2 is 1.75 bits per heavy atom. The van der Waals surface area contributed by atoms with Gasteiger partial charge in [0.25, 0.3) is 11.6 Å². The average Bonchev–Trinajstić information content (AvgIpc) is 3.13. The van der Waals surface area contributed by atoms with Gasteiger partial charge in [-0.3, -0.25) is 4.79 Å². The molecule has 1 N–H and O–H groups in total. The summed E-state index contributed by atoms with van der Waals surface area (Å²) in [7, 11) is -3.95. The van der Waals surface area contributed by atoms with Gasteiger partial charge in [0.2, 0.25) is 10.0 Å². The smallest absolute Gasteiger partial charge is 0.362 e. The molecule has 0 saturated heterocycles. The largest absolute Gasteiger partial charge is 0.438 e. The molecule has 0 saturated carbocycles. The number of carbonyl (C=O) groups excluding carboxylic acids is 1. The van der Waals surface area contributed by atoms with Crippen molar-refractivity contribution < 1.29 is 31.5 Å². The summed E-state index contributed by atoms with van der Waals surface area (Å²) >= 11 is 0. The fourth-order valence-electron chi connectivity index (χ4n) is 3.40. The predicted octanol–water partition coefficient (Wildman–Crippen LogP) is 3.22. The van der Waals surface area contributed by atoms with E-state index in [1.165, 1.54) is 30.3 Å². The van der Waals surface area contributed by atoms with Crippen LogP contribution in [-0.4, -0.2) is 59.4 Å². The molecule has 1 atom stereocenters. The van der Waals surface area contributed by atoms with Crippen molar-refractivity contribution in [3.8, 4) is 0 Å². The highest BCUT2D eigenvalue weighted by Crippen LogP contribution is 2.42. The highest BCUT2D eigenvalue weighted by Gasteiger charge is 2.63. The zero-order valence-electron chi connectivity index (χ0n) is 17.4. The van der Waals surface area contributed by atoms with E-state index in [1.807, 2.05) is 0 Å². The first-order valence-electron chi connectivity index (χ1n) is 9.82. The number of hydrazone groups is 1. The molecule has 0 radical (unpaired) electrons. The monoisotopic (exact) mass is 469 g/mol. The van der Waals surface area contributed by atoms with Gasteiger partial charge in [-0.05, 0) is 23.8 Å². The first kappa shape index (κ1) is 23.9. The van der Waals surface area contributed by atoms with Crippen molar-refractivity contribution in [2.75, 3.05) is 13.1 Å².